The Hall–Kier alpha value is -2.39. The number of rotatable bonds is 4. The normalized spacial score (nSPS) is 10.3. The fraction of sp³-hybridized carbons (Fsp3) is 0.278. The third kappa shape index (κ3) is 3.92. The number of benzene rings is 1. The van der Waals surface area contributed by atoms with Gasteiger partial charge in [-0.3, -0.25) is 9.59 Å². The van der Waals surface area contributed by atoms with Gasteiger partial charge >= 0.3 is 0 Å². The van der Waals surface area contributed by atoms with Gasteiger partial charge in [-0.2, -0.15) is 5.26 Å². The maximum atomic E-state index is 12.2. The van der Waals surface area contributed by atoms with E-state index in [1.807, 2.05) is 31.2 Å². The van der Waals surface area contributed by atoms with Crippen molar-refractivity contribution in [2.24, 2.45) is 0 Å². The molecular weight excluding hydrogens is 370 g/mol. The van der Waals surface area contributed by atoms with Gasteiger partial charge in [0.25, 0.3) is 5.56 Å². The van der Waals surface area contributed by atoms with Crippen LogP contribution in [0.25, 0.3) is 0 Å². The number of nitrogens with zero attached hydrogens (tertiary/aromatic N) is 1. The van der Waals surface area contributed by atoms with E-state index >= 15 is 0 Å². The molecule has 24 heavy (non-hydrogen) atoms. The molecule has 0 saturated carbocycles. The second-order valence-corrected chi connectivity index (χ2v) is 6.54. The topological polar surface area (TPSA) is 85.8 Å². The Morgan fingerprint density at radius 2 is 2.04 bits per heavy atom. The van der Waals surface area contributed by atoms with Crippen LogP contribution in [0.2, 0.25) is 0 Å². The van der Waals surface area contributed by atoms with Crippen LogP contribution in [0.1, 0.15) is 34.4 Å². The number of pyridine rings is 1. The molecule has 0 saturated heterocycles. The Morgan fingerprint density at radius 3 is 2.67 bits per heavy atom. The number of aromatic amines is 1. The van der Waals surface area contributed by atoms with Gasteiger partial charge in [-0.15, -0.1) is 0 Å². The summed E-state index contributed by atoms with van der Waals surface area (Å²) in [5.74, 6) is -0.111. The molecule has 0 unspecified atom stereocenters. The molecule has 0 radical (unpaired) electrons. The van der Waals surface area contributed by atoms with Crippen molar-refractivity contribution < 1.29 is 4.79 Å². The number of halogens is 1. The van der Waals surface area contributed by atoms with Crippen molar-refractivity contribution in [2.45, 2.75) is 33.6 Å². The largest absolute Gasteiger partial charge is 0.326 e. The van der Waals surface area contributed by atoms with Crippen LogP contribution in [0.4, 0.5) is 5.69 Å². The Bertz CT molecular complexity index is 894. The molecule has 0 bridgehead atoms. The van der Waals surface area contributed by atoms with E-state index in [4.69, 9.17) is 5.26 Å². The zero-order valence-electron chi connectivity index (χ0n) is 13.8. The number of hydrogen-bond acceptors (Lipinski definition) is 3. The lowest BCUT2D eigenvalue weighted by Gasteiger charge is -2.11. The molecule has 6 heteroatoms. The SMILES string of the molecule is Cc1cc(NC(=O)CCc2c(C)[nH]c(=O)c(C#N)c2C)ccc1Br. The van der Waals surface area contributed by atoms with E-state index in [0.29, 0.717) is 17.7 Å². The van der Waals surface area contributed by atoms with Gasteiger partial charge in [0.15, 0.2) is 0 Å². The molecule has 1 amide bonds. The minimum atomic E-state index is -0.383. The highest BCUT2D eigenvalue weighted by Gasteiger charge is 2.13. The maximum absolute atomic E-state index is 12.2. The van der Waals surface area contributed by atoms with Crippen molar-refractivity contribution in [3.63, 3.8) is 0 Å². The summed E-state index contributed by atoms with van der Waals surface area (Å²) in [4.78, 5) is 26.6. The molecule has 2 rings (SSSR count). The monoisotopic (exact) mass is 387 g/mol. The minimum absolute atomic E-state index is 0.111. The minimum Gasteiger partial charge on any atom is -0.326 e. The molecule has 0 spiro atoms. The van der Waals surface area contributed by atoms with E-state index in [0.717, 1.165) is 21.3 Å². The van der Waals surface area contributed by atoms with E-state index in [1.165, 1.54) is 0 Å². The third-order valence-corrected chi connectivity index (χ3v) is 4.85. The number of anilines is 1. The third-order valence-electron chi connectivity index (χ3n) is 3.96. The standard InChI is InChI=1S/C18H18BrN3O2/c1-10-8-13(4-6-16(10)19)22-17(23)7-5-14-11(2)15(9-20)18(24)21-12(14)3/h4,6,8H,5,7H2,1-3H3,(H,21,24)(H,22,23). The summed E-state index contributed by atoms with van der Waals surface area (Å²) in [5, 5.41) is 11.9. The van der Waals surface area contributed by atoms with E-state index in [1.54, 1.807) is 13.8 Å². The number of aromatic nitrogens is 1. The summed E-state index contributed by atoms with van der Waals surface area (Å²) in [6.07, 6.45) is 0.734. The van der Waals surface area contributed by atoms with Crippen LogP contribution in [0.15, 0.2) is 27.5 Å². The molecule has 1 aromatic carbocycles. The summed E-state index contributed by atoms with van der Waals surface area (Å²) in [6, 6.07) is 7.54. The van der Waals surface area contributed by atoms with Crippen LogP contribution in [0, 0.1) is 32.1 Å². The second-order valence-electron chi connectivity index (χ2n) is 5.68. The van der Waals surface area contributed by atoms with Gasteiger partial charge in [-0.25, -0.2) is 0 Å². The van der Waals surface area contributed by atoms with E-state index in [9.17, 15) is 9.59 Å². The van der Waals surface area contributed by atoms with Gasteiger partial charge in [0.2, 0.25) is 5.91 Å². The number of carbonyl (C=O) groups is 1. The molecule has 2 aromatic rings. The Labute approximate surface area is 148 Å². The predicted octanol–water partition coefficient (Wildman–Crippen LogP) is 3.51. The highest BCUT2D eigenvalue weighted by Crippen LogP contribution is 2.20. The molecular formula is C18H18BrN3O2. The predicted molar refractivity (Wildman–Crippen MR) is 97.1 cm³/mol. The van der Waals surface area contributed by atoms with Gasteiger partial charge in [0.05, 0.1) is 0 Å². The zero-order chi connectivity index (χ0) is 17.9. The van der Waals surface area contributed by atoms with Crippen molar-refractivity contribution in [3.05, 3.63) is 61.0 Å². The van der Waals surface area contributed by atoms with Crippen molar-refractivity contribution in [1.29, 1.82) is 5.26 Å². The fourth-order valence-electron chi connectivity index (χ4n) is 2.60. The fourth-order valence-corrected chi connectivity index (χ4v) is 2.85. The van der Waals surface area contributed by atoms with Crippen LogP contribution < -0.4 is 10.9 Å². The highest BCUT2D eigenvalue weighted by molar-refractivity contribution is 9.10. The van der Waals surface area contributed by atoms with Crippen LogP contribution in [-0.4, -0.2) is 10.9 Å². The van der Waals surface area contributed by atoms with Crippen molar-refractivity contribution in [2.75, 3.05) is 5.32 Å². The Kier molecular flexibility index (Phi) is 5.58. The summed E-state index contributed by atoms with van der Waals surface area (Å²) in [7, 11) is 0. The number of amides is 1. The van der Waals surface area contributed by atoms with E-state index in [2.05, 4.69) is 26.2 Å². The molecule has 0 aliphatic heterocycles. The number of nitriles is 1. The van der Waals surface area contributed by atoms with Crippen LogP contribution >= 0.6 is 15.9 Å². The molecule has 1 heterocycles. The number of H-pyrrole nitrogens is 1. The first-order valence-corrected chi connectivity index (χ1v) is 8.31. The van der Waals surface area contributed by atoms with Gasteiger partial charge in [0.1, 0.15) is 11.6 Å². The quantitative estimate of drug-likeness (QED) is 0.841. The summed E-state index contributed by atoms with van der Waals surface area (Å²) >= 11 is 3.42. The first kappa shape index (κ1) is 18.0. The second kappa shape index (κ2) is 7.45. The summed E-state index contributed by atoms with van der Waals surface area (Å²) < 4.78 is 0.990. The summed E-state index contributed by atoms with van der Waals surface area (Å²) in [5.41, 5.74) is 3.70. The molecule has 0 aliphatic rings. The molecule has 0 atom stereocenters. The zero-order valence-corrected chi connectivity index (χ0v) is 15.4. The molecule has 5 nitrogen and oxygen atoms in total. The van der Waals surface area contributed by atoms with Crippen LogP contribution in [0.3, 0.4) is 0 Å². The van der Waals surface area contributed by atoms with Gasteiger partial charge in [-0.1, -0.05) is 15.9 Å². The summed E-state index contributed by atoms with van der Waals surface area (Å²) in [6.45, 7) is 5.48. The van der Waals surface area contributed by atoms with E-state index in [-0.39, 0.29) is 23.5 Å². The number of aryl methyl sites for hydroxylation is 2. The Balaban J connectivity index is 2.11. The molecule has 124 valence electrons. The lowest BCUT2D eigenvalue weighted by molar-refractivity contribution is -0.116. The van der Waals surface area contributed by atoms with Gasteiger partial charge in [0, 0.05) is 22.3 Å². The van der Waals surface area contributed by atoms with Crippen LogP contribution in [-0.2, 0) is 11.2 Å². The number of nitrogens with one attached hydrogen (secondary N) is 2. The van der Waals surface area contributed by atoms with Crippen molar-refractivity contribution in [1.82, 2.24) is 4.98 Å². The molecule has 1 aromatic heterocycles. The van der Waals surface area contributed by atoms with Gasteiger partial charge < -0.3 is 10.3 Å². The van der Waals surface area contributed by atoms with Crippen molar-refractivity contribution in [3.8, 4) is 6.07 Å². The first-order valence-electron chi connectivity index (χ1n) is 7.52. The lowest BCUT2D eigenvalue weighted by Crippen LogP contribution is -2.18. The van der Waals surface area contributed by atoms with Crippen LogP contribution in [0.5, 0.6) is 0 Å². The molecule has 0 fully saturated rings. The lowest BCUT2D eigenvalue weighted by atomic mass is 9.99. The van der Waals surface area contributed by atoms with Crippen molar-refractivity contribution >= 4 is 27.5 Å². The number of carbonyl (C=O) groups excluding carboxylic acids is 1. The maximum Gasteiger partial charge on any atom is 0.266 e. The average Bonchev–Trinajstić information content (AvgIpc) is 2.51. The molecule has 2 N–H and O–H groups in total. The van der Waals surface area contributed by atoms with Gasteiger partial charge in [-0.05, 0) is 62.1 Å². The van der Waals surface area contributed by atoms with E-state index < -0.39 is 0 Å². The average molecular weight is 388 g/mol. The molecule has 0 aliphatic carbocycles. The first-order chi connectivity index (χ1) is 11.3. The smallest absolute Gasteiger partial charge is 0.266 e. The Morgan fingerprint density at radius 1 is 1.33 bits per heavy atom. The number of hydrogen-bond donors (Lipinski definition) is 2. The highest BCUT2D eigenvalue weighted by atomic mass is 79.9.